The van der Waals surface area contributed by atoms with Crippen molar-refractivity contribution in [2.24, 2.45) is 5.92 Å². The van der Waals surface area contributed by atoms with Crippen molar-refractivity contribution in [1.29, 1.82) is 0 Å². The molecule has 2 heterocycles. The fourth-order valence-electron chi connectivity index (χ4n) is 2.39. The summed E-state index contributed by atoms with van der Waals surface area (Å²) in [4.78, 5) is 9.16. The minimum Gasteiger partial charge on any atom is -0.370 e. The van der Waals surface area contributed by atoms with Gasteiger partial charge in [-0.25, -0.2) is 9.97 Å². The van der Waals surface area contributed by atoms with Gasteiger partial charge in [0.05, 0.1) is 0 Å². The third kappa shape index (κ3) is 4.85. The number of anilines is 2. The first-order valence-corrected chi connectivity index (χ1v) is 8.90. The van der Waals surface area contributed by atoms with Gasteiger partial charge in [-0.2, -0.15) is 11.8 Å². The molecule has 1 aromatic rings. The molecular weight excluding hydrogens is 268 g/mol. The summed E-state index contributed by atoms with van der Waals surface area (Å²) in [6.07, 6.45) is 4.66. The number of rotatable bonds is 7. The van der Waals surface area contributed by atoms with Gasteiger partial charge in [-0.3, -0.25) is 0 Å². The molecular formula is C15H26N4S. The van der Waals surface area contributed by atoms with Gasteiger partial charge in [0, 0.05) is 25.6 Å². The molecule has 1 aromatic heterocycles. The molecule has 1 aliphatic rings. The number of thioether (sulfide) groups is 1. The molecule has 0 aliphatic carbocycles. The minimum absolute atomic E-state index is 0.795. The van der Waals surface area contributed by atoms with Crippen molar-refractivity contribution in [1.82, 2.24) is 9.97 Å². The van der Waals surface area contributed by atoms with E-state index in [4.69, 9.17) is 0 Å². The summed E-state index contributed by atoms with van der Waals surface area (Å²) >= 11 is 2.08. The van der Waals surface area contributed by atoms with Crippen LogP contribution in [0.15, 0.2) is 6.07 Å². The molecule has 0 amide bonds. The average molecular weight is 294 g/mol. The smallest absolute Gasteiger partial charge is 0.133 e. The summed E-state index contributed by atoms with van der Waals surface area (Å²) in [5, 5.41) is 6.80. The van der Waals surface area contributed by atoms with Crippen LogP contribution in [-0.2, 0) is 6.42 Å². The summed E-state index contributed by atoms with van der Waals surface area (Å²) in [6, 6.07) is 2.03. The molecule has 0 atom stereocenters. The molecule has 4 nitrogen and oxygen atoms in total. The molecule has 2 N–H and O–H groups in total. The average Bonchev–Trinajstić information content (AvgIpc) is 2.47. The molecule has 1 saturated heterocycles. The van der Waals surface area contributed by atoms with Crippen LogP contribution < -0.4 is 10.6 Å². The maximum atomic E-state index is 4.62. The Hall–Kier alpha value is -0.970. The van der Waals surface area contributed by atoms with Crippen molar-refractivity contribution >= 4 is 23.4 Å². The van der Waals surface area contributed by atoms with Crippen LogP contribution in [0.25, 0.3) is 0 Å². The van der Waals surface area contributed by atoms with Crippen LogP contribution in [0.5, 0.6) is 0 Å². The van der Waals surface area contributed by atoms with Crippen LogP contribution in [0.2, 0.25) is 0 Å². The lowest BCUT2D eigenvalue weighted by molar-refractivity contribution is 0.515. The first kappa shape index (κ1) is 15.4. The summed E-state index contributed by atoms with van der Waals surface area (Å²) in [5.41, 5.74) is 0. The second kappa shape index (κ2) is 8.35. The topological polar surface area (TPSA) is 49.8 Å². The molecule has 0 saturated carbocycles. The van der Waals surface area contributed by atoms with Crippen molar-refractivity contribution in [3.05, 3.63) is 11.9 Å². The van der Waals surface area contributed by atoms with E-state index in [0.717, 1.165) is 49.3 Å². The lowest BCUT2D eigenvalue weighted by Crippen LogP contribution is -2.20. The Morgan fingerprint density at radius 1 is 1.15 bits per heavy atom. The normalized spacial score (nSPS) is 16.1. The Labute approximate surface area is 126 Å². The monoisotopic (exact) mass is 294 g/mol. The number of aromatic nitrogens is 2. The number of nitrogens with zero attached hydrogens (tertiary/aromatic N) is 2. The highest BCUT2D eigenvalue weighted by Gasteiger charge is 2.14. The van der Waals surface area contributed by atoms with E-state index in [1.54, 1.807) is 0 Å². The van der Waals surface area contributed by atoms with Gasteiger partial charge in [0.25, 0.3) is 0 Å². The Bertz CT molecular complexity index is 381. The lowest BCUT2D eigenvalue weighted by Gasteiger charge is -2.22. The largest absolute Gasteiger partial charge is 0.370 e. The zero-order valence-electron chi connectivity index (χ0n) is 12.6. The third-order valence-electron chi connectivity index (χ3n) is 3.52. The molecule has 1 aliphatic heterocycles. The molecule has 5 heteroatoms. The maximum Gasteiger partial charge on any atom is 0.133 e. The van der Waals surface area contributed by atoms with Gasteiger partial charge in [-0.1, -0.05) is 6.92 Å². The predicted octanol–water partition coefficient (Wildman–Crippen LogP) is 3.42. The van der Waals surface area contributed by atoms with Crippen LogP contribution in [0.4, 0.5) is 11.6 Å². The number of hydrogen-bond donors (Lipinski definition) is 2. The van der Waals surface area contributed by atoms with E-state index >= 15 is 0 Å². The van der Waals surface area contributed by atoms with Gasteiger partial charge in [0.2, 0.25) is 0 Å². The highest BCUT2D eigenvalue weighted by atomic mass is 32.2. The fourth-order valence-corrected chi connectivity index (χ4v) is 3.60. The van der Waals surface area contributed by atoms with Gasteiger partial charge in [0.15, 0.2) is 0 Å². The van der Waals surface area contributed by atoms with E-state index < -0.39 is 0 Å². The highest BCUT2D eigenvalue weighted by molar-refractivity contribution is 7.99. The van der Waals surface area contributed by atoms with Crippen molar-refractivity contribution in [2.75, 3.05) is 35.2 Å². The number of aryl methyl sites for hydroxylation is 1. The Kier molecular flexibility index (Phi) is 6.43. The zero-order chi connectivity index (χ0) is 14.2. The van der Waals surface area contributed by atoms with Crippen LogP contribution in [0.3, 0.4) is 0 Å². The minimum atomic E-state index is 0.795. The second-order valence-corrected chi connectivity index (χ2v) is 6.50. The second-order valence-electron chi connectivity index (χ2n) is 5.27. The van der Waals surface area contributed by atoms with Crippen molar-refractivity contribution < 1.29 is 0 Å². The molecule has 0 bridgehead atoms. The highest BCUT2D eigenvalue weighted by Crippen LogP contribution is 2.23. The van der Waals surface area contributed by atoms with E-state index in [-0.39, 0.29) is 0 Å². The third-order valence-corrected chi connectivity index (χ3v) is 4.57. The molecule has 112 valence electrons. The molecule has 20 heavy (non-hydrogen) atoms. The van der Waals surface area contributed by atoms with Gasteiger partial charge in [0.1, 0.15) is 17.5 Å². The fraction of sp³-hybridized carbons (Fsp3) is 0.733. The zero-order valence-corrected chi connectivity index (χ0v) is 13.4. The lowest BCUT2D eigenvalue weighted by atomic mass is 10.0. The van der Waals surface area contributed by atoms with Gasteiger partial charge >= 0.3 is 0 Å². The predicted molar refractivity (Wildman–Crippen MR) is 88.7 cm³/mol. The Morgan fingerprint density at radius 3 is 2.50 bits per heavy atom. The summed E-state index contributed by atoms with van der Waals surface area (Å²) < 4.78 is 0. The summed E-state index contributed by atoms with van der Waals surface area (Å²) in [6.45, 7) is 6.18. The molecule has 0 spiro atoms. The molecule has 0 radical (unpaired) electrons. The molecule has 1 fully saturated rings. The van der Waals surface area contributed by atoms with Crippen LogP contribution in [0, 0.1) is 5.92 Å². The van der Waals surface area contributed by atoms with E-state index in [1.165, 1.54) is 24.3 Å². The maximum absolute atomic E-state index is 4.62. The van der Waals surface area contributed by atoms with Crippen molar-refractivity contribution in [2.45, 2.75) is 39.5 Å². The van der Waals surface area contributed by atoms with Crippen LogP contribution >= 0.6 is 11.8 Å². The van der Waals surface area contributed by atoms with Crippen LogP contribution in [0.1, 0.15) is 38.9 Å². The first-order chi connectivity index (χ1) is 9.81. The van der Waals surface area contributed by atoms with Crippen molar-refractivity contribution in [3.8, 4) is 0 Å². The molecule has 0 unspecified atom stereocenters. The van der Waals surface area contributed by atoms with Crippen LogP contribution in [-0.4, -0.2) is 34.6 Å². The van der Waals surface area contributed by atoms with Gasteiger partial charge in [-0.05, 0) is 43.6 Å². The van der Waals surface area contributed by atoms with E-state index in [9.17, 15) is 0 Å². The van der Waals surface area contributed by atoms with E-state index in [0.29, 0.717) is 0 Å². The standard InChI is InChI=1S/C15H26N4S/c1-3-5-13-18-14(16-4-2)10-15(19-13)17-11-12-6-8-20-9-7-12/h10,12H,3-9,11H2,1-2H3,(H2,16,17,18,19). The quantitative estimate of drug-likeness (QED) is 0.807. The van der Waals surface area contributed by atoms with E-state index in [1.807, 2.05) is 6.07 Å². The van der Waals surface area contributed by atoms with Gasteiger partial charge in [-0.15, -0.1) is 0 Å². The first-order valence-electron chi connectivity index (χ1n) is 7.75. The molecule has 0 aromatic carbocycles. The Morgan fingerprint density at radius 2 is 1.85 bits per heavy atom. The number of nitrogens with one attached hydrogen (secondary N) is 2. The number of hydrogen-bond acceptors (Lipinski definition) is 5. The SMILES string of the molecule is CCCc1nc(NCC)cc(NCC2CCSCC2)n1. The molecule has 2 rings (SSSR count). The Balaban J connectivity index is 1.97. The van der Waals surface area contributed by atoms with Crippen molar-refractivity contribution in [3.63, 3.8) is 0 Å². The van der Waals surface area contributed by atoms with E-state index in [2.05, 4.69) is 46.2 Å². The summed E-state index contributed by atoms with van der Waals surface area (Å²) in [7, 11) is 0. The summed E-state index contributed by atoms with van der Waals surface area (Å²) in [5.74, 6) is 6.25. The van der Waals surface area contributed by atoms with Gasteiger partial charge < -0.3 is 10.6 Å².